The second-order valence-electron chi connectivity index (χ2n) is 2.85. The summed E-state index contributed by atoms with van der Waals surface area (Å²) < 4.78 is 9.44. The van der Waals surface area contributed by atoms with E-state index in [4.69, 9.17) is 9.47 Å². The highest BCUT2D eigenvalue weighted by atomic mass is 16.6. The molecule has 0 amide bonds. The molecule has 1 spiro atoms. The molecule has 0 unspecified atom stereocenters. The van der Waals surface area contributed by atoms with Gasteiger partial charge in [0, 0.05) is 12.8 Å². The molecule has 0 saturated carbocycles. The van der Waals surface area contributed by atoms with E-state index in [1.54, 1.807) is 0 Å². The molecule has 60 valence electrons. The van der Waals surface area contributed by atoms with Gasteiger partial charge in [-0.05, 0) is 0 Å². The van der Waals surface area contributed by atoms with Crippen LogP contribution in [0.3, 0.4) is 0 Å². The fourth-order valence-electron chi connectivity index (χ4n) is 1.53. The molecule has 2 fully saturated rings. The minimum Gasteiger partial charge on any atom is -0.465 e. The summed E-state index contributed by atoms with van der Waals surface area (Å²) in [5, 5.41) is 0. The predicted molar refractivity (Wildman–Crippen MR) is 33.6 cm³/mol. The second kappa shape index (κ2) is 1.96. The molecule has 0 aromatic carbocycles. The highest BCUT2D eigenvalue weighted by molar-refractivity contribution is 6.02. The molecule has 0 atom stereocenters. The van der Waals surface area contributed by atoms with Crippen LogP contribution in [-0.2, 0) is 19.1 Å². The number of esters is 2. The van der Waals surface area contributed by atoms with Gasteiger partial charge in [0.2, 0.25) is 0 Å². The molecule has 0 bridgehead atoms. The normalized spacial score (nSPS) is 27.3. The molecule has 4 nitrogen and oxygen atoms in total. The van der Waals surface area contributed by atoms with E-state index in [0.29, 0.717) is 26.1 Å². The molecular formula is C7H8O4. The van der Waals surface area contributed by atoms with E-state index in [2.05, 4.69) is 0 Å². The van der Waals surface area contributed by atoms with Crippen LogP contribution < -0.4 is 0 Å². The standard InChI is InChI=1S/C7H8O4/c8-5-7(1-3-10-5)2-4-11-6(7)9/h1-4H2. The molecule has 2 aliphatic heterocycles. The zero-order chi connectivity index (χ0) is 7.90. The summed E-state index contributed by atoms with van der Waals surface area (Å²) in [5.74, 6) is -0.806. The molecule has 2 aliphatic rings. The van der Waals surface area contributed by atoms with Crippen molar-refractivity contribution in [1.82, 2.24) is 0 Å². The Hall–Kier alpha value is -1.06. The van der Waals surface area contributed by atoms with Gasteiger partial charge < -0.3 is 9.47 Å². The Labute approximate surface area is 63.5 Å². The van der Waals surface area contributed by atoms with Crippen LogP contribution in [0.2, 0.25) is 0 Å². The van der Waals surface area contributed by atoms with Crippen LogP contribution in [0.1, 0.15) is 12.8 Å². The van der Waals surface area contributed by atoms with E-state index >= 15 is 0 Å². The zero-order valence-corrected chi connectivity index (χ0v) is 5.96. The SMILES string of the molecule is O=C1OCCC12CCOC2=O. The van der Waals surface area contributed by atoms with E-state index in [1.807, 2.05) is 0 Å². The Morgan fingerprint density at radius 3 is 1.73 bits per heavy atom. The van der Waals surface area contributed by atoms with Crippen molar-refractivity contribution in [2.24, 2.45) is 5.41 Å². The summed E-state index contributed by atoms with van der Waals surface area (Å²) in [4.78, 5) is 22.2. The van der Waals surface area contributed by atoms with Gasteiger partial charge in [0.05, 0.1) is 13.2 Å². The average Bonchev–Trinajstić information content (AvgIpc) is 2.48. The van der Waals surface area contributed by atoms with Crippen molar-refractivity contribution in [2.75, 3.05) is 13.2 Å². The summed E-state index contributed by atoms with van der Waals surface area (Å²) in [6.07, 6.45) is 0.981. The quantitative estimate of drug-likeness (QED) is 0.362. The monoisotopic (exact) mass is 156 g/mol. The average molecular weight is 156 g/mol. The first-order valence-electron chi connectivity index (χ1n) is 3.60. The van der Waals surface area contributed by atoms with Crippen molar-refractivity contribution in [3.63, 3.8) is 0 Å². The third kappa shape index (κ3) is 0.692. The van der Waals surface area contributed by atoms with Crippen LogP contribution >= 0.6 is 0 Å². The smallest absolute Gasteiger partial charge is 0.323 e. The number of hydrogen-bond acceptors (Lipinski definition) is 4. The lowest BCUT2D eigenvalue weighted by Crippen LogP contribution is -2.31. The lowest BCUT2D eigenvalue weighted by molar-refractivity contribution is -0.156. The van der Waals surface area contributed by atoms with E-state index < -0.39 is 17.4 Å². The molecule has 2 rings (SSSR count). The highest BCUT2D eigenvalue weighted by Crippen LogP contribution is 2.38. The van der Waals surface area contributed by atoms with Gasteiger partial charge in [0.25, 0.3) is 0 Å². The van der Waals surface area contributed by atoms with Gasteiger partial charge in [-0.25, -0.2) is 0 Å². The third-order valence-electron chi connectivity index (χ3n) is 2.31. The van der Waals surface area contributed by atoms with Crippen LogP contribution in [0.5, 0.6) is 0 Å². The predicted octanol–water partition coefficient (Wildman–Crippen LogP) is -0.133. The molecular weight excluding hydrogens is 148 g/mol. The van der Waals surface area contributed by atoms with Gasteiger partial charge in [0.15, 0.2) is 5.41 Å². The third-order valence-corrected chi connectivity index (χ3v) is 2.31. The second-order valence-corrected chi connectivity index (χ2v) is 2.85. The lowest BCUT2D eigenvalue weighted by Gasteiger charge is -2.09. The largest absolute Gasteiger partial charge is 0.465 e. The summed E-state index contributed by atoms with van der Waals surface area (Å²) in [7, 11) is 0. The Bertz CT molecular complexity index is 196. The van der Waals surface area contributed by atoms with Gasteiger partial charge in [-0.2, -0.15) is 0 Å². The Morgan fingerprint density at radius 1 is 1.00 bits per heavy atom. The first-order chi connectivity index (χ1) is 5.26. The van der Waals surface area contributed by atoms with E-state index in [9.17, 15) is 9.59 Å². The number of ether oxygens (including phenoxy) is 2. The molecule has 0 aromatic heterocycles. The molecule has 0 N–H and O–H groups in total. The van der Waals surface area contributed by atoms with Crippen LogP contribution in [0, 0.1) is 5.41 Å². The van der Waals surface area contributed by atoms with E-state index in [0.717, 1.165) is 0 Å². The van der Waals surface area contributed by atoms with Crippen LogP contribution in [0.4, 0.5) is 0 Å². The van der Waals surface area contributed by atoms with Crippen LogP contribution in [0.15, 0.2) is 0 Å². The molecule has 4 heteroatoms. The summed E-state index contributed by atoms with van der Waals surface area (Å²) in [6.45, 7) is 0.710. The minimum absolute atomic E-state index is 0.355. The Morgan fingerprint density at radius 2 is 1.45 bits per heavy atom. The van der Waals surface area contributed by atoms with E-state index in [-0.39, 0.29) is 0 Å². The van der Waals surface area contributed by atoms with E-state index in [1.165, 1.54) is 0 Å². The Kier molecular flexibility index (Phi) is 1.19. The van der Waals surface area contributed by atoms with Crippen molar-refractivity contribution in [3.8, 4) is 0 Å². The highest BCUT2D eigenvalue weighted by Gasteiger charge is 2.55. The minimum atomic E-state index is -0.917. The van der Waals surface area contributed by atoms with Gasteiger partial charge >= 0.3 is 11.9 Å². The number of rotatable bonds is 0. The first-order valence-corrected chi connectivity index (χ1v) is 3.60. The molecule has 0 radical (unpaired) electrons. The number of hydrogen-bond donors (Lipinski definition) is 0. The van der Waals surface area contributed by atoms with Gasteiger partial charge in [-0.1, -0.05) is 0 Å². The summed E-state index contributed by atoms with van der Waals surface area (Å²) in [6, 6.07) is 0. The van der Waals surface area contributed by atoms with Crippen molar-refractivity contribution < 1.29 is 19.1 Å². The van der Waals surface area contributed by atoms with Crippen molar-refractivity contribution in [2.45, 2.75) is 12.8 Å². The molecule has 11 heavy (non-hydrogen) atoms. The maximum atomic E-state index is 11.1. The number of carbonyl (C=O) groups excluding carboxylic acids is 2. The summed E-state index contributed by atoms with van der Waals surface area (Å²) in [5.41, 5.74) is -0.917. The van der Waals surface area contributed by atoms with Gasteiger partial charge in [0.1, 0.15) is 0 Å². The maximum absolute atomic E-state index is 11.1. The first kappa shape index (κ1) is 6.64. The van der Waals surface area contributed by atoms with Crippen molar-refractivity contribution >= 4 is 11.9 Å². The topological polar surface area (TPSA) is 52.6 Å². The zero-order valence-electron chi connectivity index (χ0n) is 5.96. The molecule has 0 aliphatic carbocycles. The number of cyclic esters (lactones) is 2. The van der Waals surface area contributed by atoms with Crippen LogP contribution in [0.25, 0.3) is 0 Å². The molecule has 0 aromatic rings. The fraction of sp³-hybridized carbons (Fsp3) is 0.714. The molecule has 2 saturated heterocycles. The van der Waals surface area contributed by atoms with Gasteiger partial charge in [-0.15, -0.1) is 0 Å². The Balaban J connectivity index is 2.33. The fourth-order valence-corrected chi connectivity index (χ4v) is 1.53. The number of carbonyl (C=O) groups is 2. The lowest BCUT2D eigenvalue weighted by atomic mass is 9.85. The van der Waals surface area contributed by atoms with Crippen molar-refractivity contribution in [1.29, 1.82) is 0 Å². The summed E-state index contributed by atoms with van der Waals surface area (Å²) >= 11 is 0. The molecule has 2 heterocycles. The van der Waals surface area contributed by atoms with Crippen LogP contribution in [-0.4, -0.2) is 25.2 Å². The van der Waals surface area contributed by atoms with Crippen molar-refractivity contribution in [3.05, 3.63) is 0 Å². The van der Waals surface area contributed by atoms with Gasteiger partial charge in [-0.3, -0.25) is 9.59 Å². The maximum Gasteiger partial charge on any atom is 0.323 e.